The first-order valence-electron chi connectivity index (χ1n) is 24.5. The average Bonchev–Trinajstić information content (AvgIpc) is 3.27. The summed E-state index contributed by atoms with van der Waals surface area (Å²) in [4.78, 5) is 37.7. The van der Waals surface area contributed by atoms with Gasteiger partial charge >= 0.3 is 17.9 Å². The Kier molecular flexibility index (Phi) is 46.1. The molecule has 0 aromatic heterocycles. The van der Waals surface area contributed by atoms with Crippen LogP contribution in [0.4, 0.5) is 0 Å². The fourth-order valence-electron chi connectivity index (χ4n) is 6.08. The van der Waals surface area contributed by atoms with Crippen LogP contribution in [0.3, 0.4) is 0 Å². The summed E-state index contributed by atoms with van der Waals surface area (Å²) in [5.74, 6) is -0.996. The van der Waals surface area contributed by atoms with Gasteiger partial charge in [-0.15, -0.1) is 0 Å². The van der Waals surface area contributed by atoms with Crippen LogP contribution >= 0.6 is 0 Å². The first-order valence-corrected chi connectivity index (χ1v) is 24.5. The molecule has 0 rings (SSSR count). The molecule has 0 bridgehead atoms. The van der Waals surface area contributed by atoms with Crippen molar-refractivity contribution in [2.45, 2.75) is 200 Å². The number of rotatable bonds is 42. The molecule has 0 aromatic rings. The van der Waals surface area contributed by atoms with Crippen molar-refractivity contribution in [3.63, 3.8) is 0 Å². The van der Waals surface area contributed by atoms with E-state index in [0.29, 0.717) is 19.3 Å². The maximum atomic E-state index is 12.7. The van der Waals surface area contributed by atoms with E-state index in [0.717, 1.165) is 128 Å². The number of unbranched alkanes of at least 4 members (excludes halogenated alkanes) is 11. The summed E-state index contributed by atoms with van der Waals surface area (Å²) < 4.78 is 16.6. The van der Waals surface area contributed by atoms with E-state index < -0.39 is 6.10 Å². The van der Waals surface area contributed by atoms with Crippen molar-refractivity contribution in [1.29, 1.82) is 0 Å². The van der Waals surface area contributed by atoms with Gasteiger partial charge in [0.25, 0.3) is 0 Å². The maximum absolute atomic E-state index is 12.7. The van der Waals surface area contributed by atoms with Crippen molar-refractivity contribution in [1.82, 2.24) is 0 Å². The molecular weight excluding hydrogens is 769 g/mol. The molecule has 62 heavy (non-hydrogen) atoms. The first kappa shape index (κ1) is 57.8. The van der Waals surface area contributed by atoms with Gasteiger partial charge in [-0.25, -0.2) is 0 Å². The molecule has 6 nitrogen and oxygen atoms in total. The molecule has 0 aromatic carbocycles. The number of ether oxygens (including phenoxy) is 3. The number of esters is 3. The summed E-state index contributed by atoms with van der Waals surface area (Å²) >= 11 is 0. The molecule has 348 valence electrons. The van der Waals surface area contributed by atoms with E-state index in [4.69, 9.17) is 14.2 Å². The predicted octanol–water partition coefficient (Wildman–Crippen LogP) is 16.1. The third kappa shape index (κ3) is 46.9. The summed E-state index contributed by atoms with van der Waals surface area (Å²) in [6, 6.07) is 0. The Bertz CT molecular complexity index is 1350. The smallest absolute Gasteiger partial charge is 0.306 e. The molecule has 0 spiro atoms. The lowest BCUT2D eigenvalue weighted by atomic mass is 10.1. The van der Waals surface area contributed by atoms with Gasteiger partial charge in [0.15, 0.2) is 6.10 Å². The van der Waals surface area contributed by atoms with Crippen LogP contribution in [-0.2, 0) is 28.6 Å². The van der Waals surface area contributed by atoms with E-state index in [1.807, 2.05) is 0 Å². The molecule has 1 unspecified atom stereocenters. The zero-order valence-corrected chi connectivity index (χ0v) is 39.6. The summed E-state index contributed by atoms with van der Waals surface area (Å²) in [6.45, 7) is 6.26. The molecule has 0 aliphatic heterocycles. The Morgan fingerprint density at radius 1 is 0.339 bits per heavy atom. The molecule has 0 aliphatic carbocycles. The number of allylic oxidation sites excluding steroid dienone is 20. The molecule has 0 heterocycles. The van der Waals surface area contributed by atoms with Crippen LogP contribution in [0, 0.1) is 0 Å². The van der Waals surface area contributed by atoms with Gasteiger partial charge in [0.2, 0.25) is 0 Å². The van der Waals surface area contributed by atoms with Crippen LogP contribution in [0.15, 0.2) is 122 Å². The van der Waals surface area contributed by atoms with E-state index >= 15 is 0 Å². The van der Waals surface area contributed by atoms with E-state index in [1.54, 1.807) is 0 Å². The molecule has 0 saturated carbocycles. The van der Waals surface area contributed by atoms with Gasteiger partial charge in [0, 0.05) is 19.3 Å². The molecule has 6 heteroatoms. The average molecular weight is 857 g/mol. The second-order valence-corrected chi connectivity index (χ2v) is 15.6. The minimum Gasteiger partial charge on any atom is -0.462 e. The minimum absolute atomic E-state index is 0.107. The molecule has 0 aliphatic rings. The molecule has 0 fully saturated rings. The Labute approximate surface area is 380 Å². The van der Waals surface area contributed by atoms with Gasteiger partial charge in [-0.1, -0.05) is 187 Å². The lowest BCUT2D eigenvalue weighted by molar-refractivity contribution is -0.167. The zero-order chi connectivity index (χ0) is 45.1. The highest BCUT2D eigenvalue weighted by Crippen LogP contribution is 2.11. The fourth-order valence-corrected chi connectivity index (χ4v) is 6.08. The summed E-state index contributed by atoms with van der Waals surface area (Å²) in [6.07, 6.45) is 67.8. The number of carbonyl (C=O) groups excluding carboxylic acids is 3. The molecular formula is C56H88O6. The van der Waals surface area contributed by atoms with Crippen LogP contribution in [0.5, 0.6) is 0 Å². The minimum atomic E-state index is -0.810. The Hall–Kier alpha value is -4.19. The normalized spacial score (nSPS) is 13.1. The summed E-state index contributed by atoms with van der Waals surface area (Å²) in [5.41, 5.74) is 0. The van der Waals surface area contributed by atoms with E-state index in [9.17, 15) is 14.4 Å². The van der Waals surface area contributed by atoms with E-state index in [-0.39, 0.29) is 37.5 Å². The van der Waals surface area contributed by atoms with E-state index in [1.165, 1.54) is 19.3 Å². The van der Waals surface area contributed by atoms with Crippen molar-refractivity contribution in [2.24, 2.45) is 0 Å². The largest absolute Gasteiger partial charge is 0.462 e. The van der Waals surface area contributed by atoms with E-state index in [2.05, 4.69) is 142 Å². The highest BCUT2D eigenvalue weighted by molar-refractivity contribution is 5.71. The summed E-state index contributed by atoms with van der Waals surface area (Å²) in [5, 5.41) is 0. The van der Waals surface area contributed by atoms with Crippen LogP contribution in [0.2, 0.25) is 0 Å². The molecule has 0 amide bonds. The van der Waals surface area contributed by atoms with Crippen LogP contribution in [-0.4, -0.2) is 37.2 Å². The lowest BCUT2D eigenvalue weighted by Crippen LogP contribution is -2.30. The monoisotopic (exact) mass is 857 g/mol. The third-order valence-electron chi connectivity index (χ3n) is 9.71. The first-order chi connectivity index (χ1) is 30.5. The van der Waals surface area contributed by atoms with Gasteiger partial charge in [0.1, 0.15) is 13.2 Å². The standard InChI is InChI=1S/C56H88O6/c1-4-7-10-13-16-18-20-22-24-25-26-27-28-29-30-31-33-34-36-38-40-43-46-49-55(58)61-52-53(51-60-54(57)48-45-42-15-12-9-6-3)62-56(59)50-47-44-41-39-37-35-32-23-21-19-17-14-11-8-5-2/h7-8,10-11,16-19,22-24,26-27,29-30,32-34,37,39,53H,4-6,9,12-15,20-21,25,28,31,35-36,38,40-52H2,1-3H3/b10-7-,11-8-,18-16-,19-17-,24-22-,27-26-,30-29-,32-23-,34-33-,39-37-. The highest BCUT2D eigenvalue weighted by atomic mass is 16.6. The maximum Gasteiger partial charge on any atom is 0.306 e. The van der Waals surface area contributed by atoms with Crippen molar-refractivity contribution < 1.29 is 28.6 Å². The van der Waals surface area contributed by atoms with Crippen molar-refractivity contribution in [3.8, 4) is 0 Å². The van der Waals surface area contributed by atoms with Gasteiger partial charge < -0.3 is 14.2 Å². The predicted molar refractivity (Wildman–Crippen MR) is 265 cm³/mol. The quantitative estimate of drug-likeness (QED) is 0.0263. The topological polar surface area (TPSA) is 78.9 Å². The number of carbonyl (C=O) groups is 3. The van der Waals surface area contributed by atoms with Crippen molar-refractivity contribution in [3.05, 3.63) is 122 Å². The van der Waals surface area contributed by atoms with Gasteiger partial charge in [-0.3, -0.25) is 14.4 Å². The Morgan fingerprint density at radius 3 is 1.02 bits per heavy atom. The van der Waals surface area contributed by atoms with Crippen molar-refractivity contribution >= 4 is 17.9 Å². The fraction of sp³-hybridized carbons (Fsp3) is 0.589. The summed E-state index contributed by atoms with van der Waals surface area (Å²) in [7, 11) is 0. The van der Waals surface area contributed by atoms with Gasteiger partial charge in [0.05, 0.1) is 0 Å². The molecule has 0 saturated heterocycles. The Morgan fingerprint density at radius 2 is 0.629 bits per heavy atom. The lowest BCUT2D eigenvalue weighted by Gasteiger charge is -2.18. The SMILES string of the molecule is CC/C=C\C/C=C\C/C=C\C/C=C\C/C=C\C/C=C\CCCCCCC(=O)OCC(COC(=O)CCCCCCCC)OC(=O)CCCC/C=C\C/C=C\C/C=C\C/C=C\CC. The molecule has 1 atom stereocenters. The van der Waals surface area contributed by atoms with Crippen LogP contribution < -0.4 is 0 Å². The molecule has 0 N–H and O–H groups in total. The number of hydrogen-bond donors (Lipinski definition) is 0. The third-order valence-corrected chi connectivity index (χ3v) is 9.71. The van der Waals surface area contributed by atoms with Gasteiger partial charge in [-0.2, -0.15) is 0 Å². The highest BCUT2D eigenvalue weighted by Gasteiger charge is 2.19. The van der Waals surface area contributed by atoms with Crippen LogP contribution in [0.25, 0.3) is 0 Å². The number of hydrogen-bond acceptors (Lipinski definition) is 6. The second kappa shape index (κ2) is 49.5. The molecule has 0 radical (unpaired) electrons. The van der Waals surface area contributed by atoms with Crippen LogP contribution in [0.1, 0.15) is 194 Å². The second-order valence-electron chi connectivity index (χ2n) is 15.6. The van der Waals surface area contributed by atoms with Gasteiger partial charge in [-0.05, 0) is 109 Å². The zero-order valence-electron chi connectivity index (χ0n) is 39.6. The van der Waals surface area contributed by atoms with Crippen molar-refractivity contribution in [2.75, 3.05) is 13.2 Å². The Balaban J connectivity index is 4.35.